The van der Waals surface area contributed by atoms with Crippen LogP contribution in [0, 0.1) is 5.92 Å². The van der Waals surface area contributed by atoms with E-state index in [1.54, 1.807) is 33.5 Å². The standard InChI is InChI=1S/C20H26N2O4/c1-13(19(21)14-8-6-5-7-9-14)20(23)22-12-15-10-17(25-3)18(26-4)11-16(15)24-2/h5-11,13,19H,12,21H2,1-4H3,(H,22,23). The lowest BCUT2D eigenvalue weighted by Crippen LogP contribution is -2.35. The molecule has 0 saturated carbocycles. The first-order valence-electron chi connectivity index (χ1n) is 8.39. The number of rotatable bonds is 8. The highest BCUT2D eigenvalue weighted by Crippen LogP contribution is 2.34. The Balaban J connectivity index is 2.09. The Bertz CT molecular complexity index is 734. The van der Waals surface area contributed by atoms with Crippen molar-refractivity contribution >= 4 is 5.91 Å². The normalized spacial score (nSPS) is 12.8. The molecule has 6 nitrogen and oxygen atoms in total. The van der Waals surface area contributed by atoms with Gasteiger partial charge in [0.15, 0.2) is 11.5 Å². The van der Waals surface area contributed by atoms with E-state index in [-0.39, 0.29) is 17.9 Å². The molecule has 2 rings (SSSR count). The van der Waals surface area contributed by atoms with Crippen molar-refractivity contribution in [2.24, 2.45) is 11.7 Å². The monoisotopic (exact) mass is 358 g/mol. The van der Waals surface area contributed by atoms with Crippen LogP contribution < -0.4 is 25.3 Å². The average molecular weight is 358 g/mol. The molecule has 0 heterocycles. The molecule has 0 spiro atoms. The minimum absolute atomic E-state index is 0.127. The van der Waals surface area contributed by atoms with Crippen molar-refractivity contribution in [1.29, 1.82) is 0 Å². The fourth-order valence-corrected chi connectivity index (χ4v) is 2.70. The Morgan fingerprint density at radius 1 is 1.00 bits per heavy atom. The summed E-state index contributed by atoms with van der Waals surface area (Å²) in [5, 5.41) is 2.92. The van der Waals surface area contributed by atoms with E-state index < -0.39 is 0 Å². The number of ether oxygens (including phenoxy) is 3. The van der Waals surface area contributed by atoms with Crippen LogP contribution in [-0.4, -0.2) is 27.2 Å². The van der Waals surface area contributed by atoms with Gasteiger partial charge in [-0.15, -0.1) is 0 Å². The van der Waals surface area contributed by atoms with Crippen molar-refractivity contribution in [1.82, 2.24) is 5.32 Å². The molecule has 0 saturated heterocycles. The molecule has 6 heteroatoms. The summed E-state index contributed by atoms with van der Waals surface area (Å²) in [7, 11) is 4.69. The molecule has 0 fully saturated rings. The Labute approximate surface area is 154 Å². The van der Waals surface area contributed by atoms with Gasteiger partial charge in [-0.1, -0.05) is 37.3 Å². The number of benzene rings is 2. The van der Waals surface area contributed by atoms with Gasteiger partial charge < -0.3 is 25.3 Å². The average Bonchev–Trinajstić information content (AvgIpc) is 2.70. The number of hydrogen-bond acceptors (Lipinski definition) is 5. The first kappa shape index (κ1) is 19.6. The molecule has 2 aromatic carbocycles. The Morgan fingerprint density at radius 3 is 2.15 bits per heavy atom. The molecule has 0 aliphatic carbocycles. The van der Waals surface area contributed by atoms with Crippen LogP contribution in [-0.2, 0) is 11.3 Å². The predicted octanol–water partition coefficient (Wildman–Crippen LogP) is 2.66. The zero-order valence-corrected chi connectivity index (χ0v) is 15.6. The molecule has 0 radical (unpaired) electrons. The molecule has 3 N–H and O–H groups in total. The maximum absolute atomic E-state index is 12.5. The third kappa shape index (κ3) is 4.46. The van der Waals surface area contributed by atoms with Crippen molar-refractivity contribution in [2.75, 3.05) is 21.3 Å². The fraction of sp³-hybridized carbons (Fsp3) is 0.350. The number of carbonyl (C=O) groups excluding carboxylic acids is 1. The first-order chi connectivity index (χ1) is 12.5. The maximum atomic E-state index is 12.5. The summed E-state index contributed by atoms with van der Waals surface area (Å²) in [4.78, 5) is 12.5. The second-order valence-electron chi connectivity index (χ2n) is 5.96. The van der Waals surface area contributed by atoms with Crippen LogP contribution in [0.15, 0.2) is 42.5 Å². The molecular formula is C20H26N2O4. The minimum Gasteiger partial charge on any atom is -0.496 e. The van der Waals surface area contributed by atoms with Crippen LogP contribution >= 0.6 is 0 Å². The van der Waals surface area contributed by atoms with Crippen LogP contribution in [0.3, 0.4) is 0 Å². The molecule has 2 atom stereocenters. The first-order valence-corrected chi connectivity index (χ1v) is 8.39. The van der Waals surface area contributed by atoms with Gasteiger partial charge >= 0.3 is 0 Å². The molecule has 0 aromatic heterocycles. The molecular weight excluding hydrogens is 332 g/mol. The zero-order valence-electron chi connectivity index (χ0n) is 15.6. The summed E-state index contributed by atoms with van der Waals surface area (Å²) in [5.74, 6) is 1.26. The summed E-state index contributed by atoms with van der Waals surface area (Å²) in [6.07, 6.45) is 0. The largest absolute Gasteiger partial charge is 0.496 e. The third-order valence-electron chi connectivity index (χ3n) is 4.38. The number of carbonyl (C=O) groups is 1. The number of methoxy groups -OCH3 is 3. The molecule has 0 bridgehead atoms. The summed E-state index contributed by atoms with van der Waals surface area (Å²) < 4.78 is 16.0. The molecule has 2 aromatic rings. The highest BCUT2D eigenvalue weighted by molar-refractivity contribution is 5.79. The van der Waals surface area contributed by atoms with E-state index in [0.29, 0.717) is 23.8 Å². The molecule has 140 valence electrons. The van der Waals surface area contributed by atoms with Crippen LogP contribution in [0.1, 0.15) is 24.1 Å². The van der Waals surface area contributed by atoms with Crippen molar-refractivity contribution < 1.29 is 19.0 Å². The molecule has 0 aliphatic rings. The lowest BCUT2D eigenvalue weighted by atomic mass is 9.94. The van der Waals surface area contributed by atoms with E-state index in [9.17, 15) is 4.79 Å². The van der Waals surface area contributed by atoms with Crippen LogP contribution in [0.4, 0.5) is 0 Å². The lowest BCUT2D eigenvalue weighted by molar-refractivity contribution is -0.125. The van der Waals surface area contributed by atoms with Crippen LogP contribution in [0.2, 0.25) is 0 Å². The van der Waals surface area contributed by atoms with Crippen LogP contribution in [0.5, 0.6) is 17.2 Å². The number of hydrogen-bond donors (Lipinski definition) is 2. The van der Waals surface area contributed by atoms with Crippen molar-refractivity contribution in [3.8, 4) is 17.2 Å². The summed E-state index contributed by atoms with van der Waals surface area (Å²) >= 11 is 0. The number of nitrogens with two attached hydrogens (primary N) is 1. The van der Waals surface area contributed by atoms with Gasteiger partial charge in [-0.2, -0.15) is 0 Å². The molecule has 1 amide bonds. The Morgan fingerprint density at radius 2 is 1.58 bits per heavy atom. The quantitative estimate of drug-likeness (QED) is 0.758. The Kier molecular flexibility index (Phi) is 6.86. The fourth-order valence-electron chi connectivity index (χ4n) is 2.70. The molecule has 0 aliphatic heterocycles. The van der Waals surface area contributed by atoms with Gasteiger partial charge in [0, 0.05) is 24.2 Å². The minimum atomic E-state index is -0.372. The lowest BCUT2D eigenvalue weighted by Gasteiger charge is -2.20. The van der Waals surface area contributed by atoms with Gasteiger partial charge in [0.25, 0.3) is 0 Å². The second-order valence-corrected chi connectivity index (χ2v) is 5.96. The van der Waals surface area contributed by atoms with E-state index in [1.165, 1.54) is 0 Å². The smallest absolute Gasteiger partial charge is 0.225 e. The van der Waals surface area contributed by atoms with Crippen molar-refractivity contribution in [2.45, 2.75) is 19.5 Å². The molecule has 26 heavy (non-hydrogen) atoms. The van der Waals surface area contributed by atoms with Crippen molar-refractivity contribution in [3.63, 3.8) is 0 Å². The summed E-state index contributed by atoms with van der Waals surface area (Å²) in [5.41, 5.74) is 7.95. The van der Waals surface area contributed by atoms with Gasteiger partial charge in [-0.3, -0.25) is 4.79 Å². The van der Waals surface area contributed by atoms with Gasteiger partial charge in [-0.25, -0.2) is 0 Å². The number of nitrogens with one attached hydrogen (secondary N) is 1. The highest BCUT2D eigenvalue weighted by Gasteiger charge is 2.22. The highest BCUT2D eigenvalue weighted by atomic mass is 16.5. The Hall–Kier alpha value is -2.73. The number of amides is 1. The maximum Gasteiger partial charge on any atom is 0.225 e. The van der Waals surface area contributed by atoms with E-state index >= 15 is 0 Å². The summed E-state index contributed by atoms with van der Waals surface area (Å²) in [6, 6.07) is 12.7. The topological polar surface area (TPSA) is 82.8 Å². The SMILES string of the molecule is COc1cc(OC)c(OC)cc1CNC(=O)C(C)C(N)c1ccccc1. The van der Waals surface area contributed by atoms with E-state index in [4.69, 9.17) is 19.9 Å². The van der Waals surface area contributed by atoms with E-state index in [1.807, 2.05) is 37.3 Å². The van der Waals surface area contributed by atoms with Gasteiger partial charge in [0.05, 0.1) is 27.2 Å². The third-order valence-corrected chi connectivity index (χ3v) is 4.38. The summed E-state index contributed by atoms with van der Waals surface area (Å²) in [6.45, 7) is 2.12. The van der Waals surface area contributed by atoms with Gasteiger partial charge in [0.1, 0.15) is 5.75 Å². The van der Waals surface area contributed by atoms with Crippen LogP contribution in [0.25, 0.3) is 0 Å². The van der Waals surface area contributed by atoms with E-state index in [0.717, 1.165) is 11.1 Å². The van der Waals surface area contributed by atoms with E-state index in [2.05, 4.69) is 5.32 Å². The van der Waals surface area contributed by atoms with Gasteiger partial charge in [0.2, 0.25) is 5.91 Å². The predicted molar refractivity (Wildman–Crippen MR) is 100 cm³/mol. The zero-order chi connectivity index (χ0) is 19.1. The van der Waals surface area contributed by atoms with Gasteiger partial charge in [-0.05, 0) is 11.6 Å². The second kappa shape index (κ2) is 9.10. The van der Waals surface area contributed by atoms with Crippen molar-refractivity contribution in [3.05, 3.63) is 53.6 Å². The molecule has 2 unspecified atom stereocenters.